The Morgan fingerprint density at radius 1 is 1.30 bits per heavy atom. The molecule has 0 spiro atoms. The Labute approximate surface area is 119 Å². The predicted octanol–water partition coefficient (Wildman–Crippen LogP) is 1.36. The standard InChI is InChI=1S/C15H22N2O3/c1-12(13-7-5-4-6-8-13)16-14(18)11-17(2)10-9-15(19)20-3/h4-8,12H,9-11H2,1-3H3,(H,16,18). The van der Waals surface area contributed by atoms with Gasteiger partial charge in [-0.3, -0.25) is 14.5 Å². The Hall–Kier alpha value is -1.88. The molecule has 1 atom stereocenters. The second-order valence-corrected chi connectivity index (χ2v) is 4.76. The van der Waals surface area contributed by atoms with Gasteiger partial charge in [-0.2, -0.15) is 0 Å². The third-order valence-corrected chi connectivity index (χ3v) is 3.02. The van der Waals surface area contributed by atoms with E-state index in [1.807, 2.05) is 37.3 Å². The number of hydrogen-bond acceptors (Lipinski definition) is 4. The molecule has 1 rings (SSSR count). The van der Waals surface area contributed by atoms with Crippen molar-refractivity contribution in [3.63, 3.8) is 0 Å². The molecule has 0 heterocycles. The Bertz CT molecular complexity index is 434. The van der Waals surface area contributed by atoms with Crippen LogP contribution in [0.15, 0.2) is 30.3 Å². The summed E-state index contributed by atoms with van der Waals surface area (Å²) in [4.78, 5) is 24.7. The van der Waals surface area contributed by atoms with E-state index >= 15 is 0 Å². The van der Waals surface area contributed by atoms with Crippen molar-refractivity contribution in [2.75, 3.05) is 27.2 Å². The SMILES string of the molecule is COC(=O)CCN(C)CC(=O)NC(C)c1ccccc1. The first kappa shape index (κ1) is 16.2. The average molecular weight is 278 g/mol. The number of rotatable bonds is 7. The lowest BCUT2D eigenvalue weighted by molar-refractivity contribution is -0.141. The summed E-state index contributed by atoms with van der Waals surface area (Å²) in [6, 6.07) is 9.76. The van der Waals surface area contributed by atoms with Crippen LogP contribution in [0.5, 0.6) is 0 Å². The highest BCUT2D eigenvalue weighted by atomic mass is 16.5. The quantitative estimate of drug-likeness (QED) is 0.765. The van der Waals surface area contributed by atoms with Gasteiger partial charge in [0, 0.05) is 6.54 Å². The van der Waals surface area contributed by atoms with Crippen molar-refractivity contribution >= 4 is 11.9 Å². The number of likely N-dealkylation sites (N-methyl/N-ethyl adjacent to an activating group) is 1. The van der Waals surface area contributed by atoms with Gasteiger partial charge in [-0.05, 0) is 19.5 Å². The summed E-state index contributed by atoms with van der Waals surface area (Å²) in [5.74, 6) is -0.330. The molecule has 1 unspecified atom stereocenters. The first-order valence-corrected chi connectivity index (χ1v) is 6.62. The number of esters is 1. The molecule has 0 saturated heterocycles. The topological polar surface area (TPSA) is 58.6 Å². The van der Waals surface area contributed by atoms with Crippen molar-refractivity contribution in [1.29, 1.82) is 0 Å². The molecule has 0 aromatic heterocycles. The predicted molar refractivity (Wildman–Crippen MR) is 77.1 cm³/mol. The van der Waals surface area contributed by atoms with E-state index in [0.717, 1.165) is 5.56 Å². The van der Waals surface area contributed by atoms with Gasteiger partial charge < -0.3 is 10.1 Å². The number of ether oxygens (including phenoxy) is 1. The number of benzene rings is 1. The molecule has 1 N–H and O–H groups in total. The molecule has 0 bridgehead atoms. The van der Waals surface area contributed by atoms with Crippen LogP contribution >= 0.6 is 0 Å². The molecule has 0 aliphatic carbocycles. The van der Waals surface area contributed by atoms with E-state index in [2.05, 4.69) is 10.1 Å². The maximum atomic E-state index is 11.9. The van der Waals surface area contributed by atoms with Crippen LogP contribution in [0.2, 0.25) is 0 Å². The Kier molecular flexibility index (Phi) is 6.73. The summed E-state index contributed by atoms with van der Waals surface area (Å²) in [5, 5.41) is 2.93. The molecule has 0 radical (unpaired) electrons. The third-order valence-electron chi connectivity index (χ3n) is 3.02. The Balaban J connectivity index is 2.34. The number of amides is 1. The summed E-state index contributed by atoms with van der Waals surface area (Å²) in [6.45, 7) is 2.70. The smallest absolute Gasteiger partial charge is 0.306 e. The first-order chi connectivity index (χ1) is 9.52. The number of carbonyl (C=O) groups excluding carboxylic acids is 2. The number of methoxy groups -OCH3 is 1. The molecule has 0 saturated carbocycles. The van der Waals surface area contributed by atoms with E-state index < -0.39 is 0 Å². The van der Waals surface area contributed by atoms with E-state index in [9.17, 15) is 9.59 Å². The highest BCUT2D eigenvalue weighted by molar-refractivity contribution is 5.78. The van der Waals surface area contributed by atoms with Crippen molar-refractivity contribution in [3.05, 3.63) is 35.9 Å². The molecule has 1 aromatic carbocycles. The zero-order chi connectivity index (χ0) is 15.0. The average Bonchev–Trinajstić information content (AvgIpc) is 2.45. The highest BCUT2D eigenvalue weighted by Crippen LogP contribution is 2.10. The molecule has 110 valence electrons. The van der Waals surface area contributed by atoms with Crippen LogP contribution in [0, 0.1) is 0 Å². The zero-order valence-corrected chi connectivity index (χ0v) is 12.3. The maximum absolute atomic E-state index is 11.9. The van der Waals surface area contributed by atoms with Gasteiger partial charge in [0.15, 0.2) is 0 Å². The molecule has 1 aromatic rings. The summed E-state index contributed by atoms with van der Waals surface area (Å²) in [6.07, 6.45) is 0.286. The van der Waals surface area contributed by atoms with Crippen LogP contribution in [0.3, 0.4) is 0 Å². The van der Waals surface area contributed by atoms with Crippen LogP contribution in [-0.2, 0) is 14.3 Å². The molecule has 1 amide bonds. The minimum Gasteiger partial charge on any atom is -0.469 e. The first-order valence-electron chi connectivity index (χ1n) is 6.62. The van der Waals surface area contributed by atoms with Crippen LogP contribution in [-0.4, -0.2) is 44.0 Å². The second kappa shape index (κ2) is 8.32. The van der Waals surface area contributed by atoms with E-state index in [4.69, 9.17) is 0 Å². The van der Waals surface area contributed by atoms with E-state index in [1.54, 1.807) is 11.9 Å². The highest BCUT2D eigenvalue weighted by Gasteiger charge is 2.12. The van der Waals surface area contributed by atoms with E-state index in [1.165, 1.54) is 7.11 Å². The molecule has 0 fully saturated rings. The molecular weight excluding hydrogens is 256 g/mol. The van der Waals surface area contributed by atoms with Gasteiger partial charge in [0.1, 0.15) is 0 Å². The third kappa shape index (κ3) is 5.84. The number of nitrogens with zero attached hydrogens (tertiary/aromatic N) is 1. The van der Waals surface area contributed by atoms with Crippen molar-refractivity contribution in [3.8, 4) is 0 Å². The van der Waals surface area contributed by atoms with Crippen LogP contribution in [0.25, 0.3) is 0 Å². The monoisotopic (exact) mass is 278 g/mol. The summed E-state index contributed by atoms with van der Waals surface area (Å²) in [5.41, 5.74) is 1.07. The minimum atomic E-state index is -0.269. The number of hydrogen-bond donors (Lipinski definition) is 1. The summed E-state index contributed by atoms with van der Waals surface area (Å²) >= 11 is 0. The largest absolute Gasteiger partial charge is 0.469 e. The lowest BCUT2D eigenvalue weighted by Gasteiger charge is -2.18. The number of nitrogens with one attached hydrogen (secondary N) is 1. The number of carbonyl (C=O) groups is 2. The molecule has 5 nitrogen and oxygen atoms in total. The van der Waals surface area contributed by atoms with E-state index in [0.29, 0.717) is 6.54 Å². The van der Waals surface area contributed by atoms with E-state index in [-0.39, 0.29) is 30.9 Å². The summed E-state index contributed by atoms with van der Waals surface area (Å²) in [7, 11) is 3.16. The van der Waals surface area contributed by atoms with Crippen LogP contribution < -0.4 is 5.32 Å². The van der Waals surface area contributed by atoms with Crippen molar-refractivity contribution in [2.24, 2.45) is 0 Å². The lowest BCUT2D eigenvalue weighted by atomic mass is 10.1. The fourth-order valence-electron chi connectivity index (χ4n) is 1.82. The van der Waals surface area contributed by atoms with Crippen LogP contribution in [0.4, 0.5) is 0 Å². The Morgan fingerprint density at radius 3 is 2.55 bits per heavy atom. The van der Waals surface area contributed by atoms with Gasteiger partial charge >= 0.3 is 5.97 Å². The lowest BCUT2D eigenvalue weighted by Crippen LogP contribution is -2.37. The van der Waals surface area contributed by atoms with Gasteiger partial charge in [-0.25, -0.2) is 0 Å². The Morgan fingerprint density at radius 2 is 1.95 bits per heavy atom. The fourth-order valence-corrected chi connectivity index (χ4v) is 1.82. The molecule has 20 heavy (non-hydrogen) atoms. The van der Waals surface area contributed by atoms with Gasteiger partial charge in [-0.15, -0.1) is 0 Å². The maximum Gasteiger partial charge on any atom is 0.306 e. The van der Waals surface area contributed by atoms with Gasteiger partial charge in [0.25, 0.3) is 0 Å². The van der Waals surface area contributed by atoms with Gasteiger partial charge in [0.05, 0.1) is 26.1 Å². The molecular formula is C15H22N2O3. The second-order valence-electron chi connectivity index (χ2n) is 4.76. The van der Waals surface area contributed by atoms with Gasteiger partial charge in [0.2, 0.25) is 5.91 Å². The van der Waals surface area contributed by atoms with Crippen molar-refractivity contribution in [1.82, 2.24) is 10.2 Å². The van der Waals surface area contributed by atoms with Crippen LogP contribution in [0.1, 0.15) is 24.9 Å². The molecule has 0 aliphatic heterocycles. The zero-order valence-electron chi connectivity index (χ0n) is 12.3. The fraction of sp³-hybridized carbons (Fsp3) is 0.467. The van der Waals surface area contributed by atoms with Crippen molar-refractivity contribution < 1.29 is 14.3 Å². The summed E-state index contributed by atoms with van der Waals surface area (Å²) < 4.78 is 4.56. The minimum absolute atomic E-state index is 0.0299. The normalized spacial score (nSPS) is 12.0. The van der Waals surface area contributed by atoms with Gasteiger partial charge in [-0.1, -0.05) is 30.3 Å². The molecule has 5 heteroatoms. The molecule has 0 aliphatic rings. The van der Waals surface area contributed by atoms with Crippen molar-refractivity contribution in [2.45, 2.75) is 19.4 Å².